The fraction of sp³-hybridized carbons (Fsp3) is 0.222. The average molecular weight is 312 g/mol. The summed E-state index contributed by atoms with van der Waals surface area (Å²) in [5.41, 5.74) is 1.55. The van der Waals surface area contributed by atoms with Crippen molar-refractivity contribution in [3.05, 3.63) is 59.7 Å². The number of carbonyl (C=O) groups excluding carboxylic acids is 2. The Kier molecular flexibility index (Phi) is 5.36. The van der Waals surface area contributed by atoms with Crippen molar-refractivity contribution < 1.29 is 14.3 Å². The van der Waals surface area contributed by atoms with Crippen molar-refractivity contribution in [2.75, 3.05) is 12.4 Å². The number of hydrogen-bond donors (Lipinski definition) is 2. The Labute approximate surface area is 135 Å². The van der Waals surface area contributed by atoms with Gasteiger partial charge in [-0.15, -0.1) is 0 Å². The monoisotopic (exact) mass is 312 g/mol. The van der Waals surface area contributed by atoms with E-state index in [2.05, 4.69) is 10.6 Å². The van der Waals surface area contributed by atoms with Crippen LogP contribution in [0.15, 0.2) is 48.5 Å². The summed E-state index contributed by atoms with van der Waals surface area (Å²) >= 11 is 0. The average Bonchev–Trinajstić information content (AvgIpc) is 2.54. The zero-order valence-corrected chi connectivity index (χ0v) is 13.4. The van der Waals surface area contributed by atoms with Gasteiger partial charge in [-0.1, -0.05) is 12.1 Å². The van der Waals surface area contributed by atoms with Crippen molar-refractivity contribution in [3.63, 3.8) is 0 Å². The molecule has 0 heterocycles. The smallest absolute Gasteiger partial charge is 0.255 e. The minimum absolute atomic E-state index is 0.0533. The highest BCUT2D eigenvalue weighted by Crippen LogP contribution is 2.16. The predicted molar refractivity (Wildman–Crippen MR) is 90.0 cm³/mol. The van der Waals surface area contributed by atoms with E-state index in [1.54, 1.807) is 55.6 Å². The van der Waals surface area contributed by atoms with Gasteiger partial charge < -0.3 is 15.4 Å². The third-order valence-electron chi connectivity index (χ3n) is 3.13. The lowest BCUT2D eigenvalue weighted by Crippen LogP contribution is -2.30. The lowest BCUT2D eigenvalue weighted by Gasteiger charge is -2.10. The molecule has 0 radical (unpaired) electrons. The molecule has 2 aromatic rings. The molecule has 2 rings (SSSR count). The highest BCUT2D eigenvalue weighted by molar-refractivity contribution is 6.05. The molecule has 0 saturated carbocycles. The first-order valence-corrected chi connectivity index (χ1v) is 7.36. The van der Waals surface area contributed by atoms with Gasteiger partial charge in [-0.25, -0.2) is 0 Å². The van der Waals surface area contributed by atoms with Crippen LogP contribution in [0, 0.1) is 0 Å². The van der Waals surface area contributed by atoms with Crippen molar-refractivity contribution in [1.29, 1.82) is 0 Å². The van der Waals surface area contributed by atoms with Crippen molar-refractivity contribution in [3.8, 4) is 5.75 Å². The number of hydrogen-bond acceptors (Lipinski definition) is 3. The summed E-state index contributed by atoms with van der Waals surface area (Å²) in [6.07, 6.45) is 0. The number of benzene rings is 2. The Bertz CT molecular complexity index is 711. The van der Waals surface area contributed by atoms with Crippen LogP contribution in [0.3, 0.4) is 0 Å². The molecule has 0 aliphatic carbocycles. The largest absolute Gasteiger partial charge is 0.497 e. The number of rotatable bonds is 5. The summed E-state index contributed by atoms with van der Waals surface area (Å²) in [5, 5.41) is 5.60. The normalized spacial score (nSPS) is 10.3. The molecule has 2 amide bonds. The van der Waals surface area contributed by atoms with Crippen molar-refractivity contribution >= 4 is 17.5 Å². The number of ether oxygens (including phenoxy) is 1. The maximum atomic E-state index is 12.3. The molecule has 5 nitrogen and oxygen atoms in total. The molecule has 0 bridgehead atoms. The summed E-state index contributed by atoms with van der Waals surface area (Å²) in [5.74, 6) is 0.186. The highest BCUT2D eigenvalue weighted by atomic mass is 16.5. The van der Waals surface area contributed by atoms with Crippen LogP contribution < -0.4 is 15.4 Å². The van der Waals surface area contributed by atoms with Gasteiger partial charge in [-0.3, -0.25) is 9.59 Å². The molecule has 120 valence electrons. The van der Waals surface area contributed by atoms with Crippen LogP contribution in [-0.4, -0.2) is 25.0 Å². The maximum absolute atomic E-state index is 12.3. The molecule has 0 aromatic heterocycles. The summed E-state index contributed by atoms with van der Waals surface area (Å²) < 4.78 is 5.11. The Balaban J connectivity index is 2.13. The maximum Gasteiger partial charge on any atom is 0.255 e. The second-order valence-corrected chi connectivity index (χ2v) is 5.40. The van der Waals surface area contributed by atoms with Gasteiger partial charge in [-0.2, -0.15) is 0 Å². The first-order chi connectivity index (χ1) is 11.0. The second-order valence-electron chi connectivity index (χ2n) is 5.40. The third-order valence-corrected chi connectivity index (χ3v) is 3.13. The molecule has 0 spiro atoms. The minimum Gasteiger partial charge on any atom is -0.497 e. The zero-order chi connectivity index (χ0) is 16.8. The molecule has 2 N–H and O–H groups in total. The van der Waals surface area contributed by atoms with Crippen molar-refractivity contribution in [2.45, 2.75) is 19.9 Å². The van der Waals surface area contributed by atoms with Gasteiger partial charge in [0.15, 0.2) is 0 Å². The number of amides is 2. The quantitative estimate of drug-likeness (QED) is 0.891. The fourth-order valence-electron chi connectivity index (χ4n) is 2.05. The van der Waals surface area contributed by atoms with Crippen LogP contribution in [0.2, 0.25) is 0 Å². The fourth-order valence-corrected chi connectivity index (χ4v) is 2.05. The van der Waals surface area contributed by atoms with Gasteiger partial charge in [0.05, 0.1) is 7.11 Å². The minimum atomic E-state index is -0.259. The third kappa shape index (κ3) is 4.57. The Morgan fingerprint density at radius 2 is 1.61 bits per heavy atom. The van der Waals surface area contributed by atoms with Gasteiger partial charge in [0.1, 0.15) is 5.75 Å². The first kappa shape index (κ1) is 16.5. The number of carbonyl (C=O) groups is 2. The summed E-state index contributed by atoms with van der Waals surface area (Å²) in [4.78, 5) is 24.3. The zero-order valence-electron chi connectivity index (χ0n) is 13.4. The van der Waals surface area contributed by atoms with Crippen LogP contribution in [0.4, 0.5) is 5.69 Å². The Morgan fingerprint density at radius 1 is 0.957 bits per heavy atom. The molecule has 0 saturated heterocycles. The van der Waals surface area contributed by atoms with E-state index in [0.717, 1.165) is 0 Å². The molecular formula is C18H20N2O3. The van der Waals surface area contributed by atoms with Gasteiger partial charge in [-0.05, 0) is 50.2 Å². The molecule has 23 heavy (non-hydrogen) atoms. The van der Waals surface area contributed by atoms with E-state index < -0.39 is 0 Å². The van der Waals surface area contributed by atoms with Crippen LogP contribution >= 0.6 is 0 Å². The van der Waals surface area contributed by atoms with Gasteiger partial charge in [0.25, 0.3) is 11.8 Å². The summed E-state index contributed by atoms with van der Waals surface area (Å²) in [6.45, 7) is 3.79. The summed E-state index contributed by atoms with van der Waals surface area (Å²) in [7, 11) is 1.55. The second kappa shape index (κ2) is 7.45. The molecule has 0 fully saturated rings. The number of anilines is 1. The first-order valence-electron chi connectivity index (χ1n) is 7.36. The van der Waals surface area contributed by atoms with Crippen LogP contribution in [-0.2, 0) is 0 Å². The van der Waals surface area contributed by atoms with Crippen molar-refractivity contribution in [2.24, 2.45) is 0 Å². The SMILES string of the molecule is COc1cccc(C(=O)Nc2cccc(C(=O)NC(C)C)c2)c1. The molecule has 5 heteroatoms. The van der Waals surface area contributed by atoms with Crippen LogP contribution in [0.5, 0.6) is 5.75 Å². The topological polar surface area (TPSA) is 67.4 Å². The van der Waals surface area contributed by atoms with Crippen LogP contribution in [0.1, 0.15) is 34.6 Å². The Hall–Kier alpha value is -2.82. The van der Waals surface area contributed by atoms with Crippen molar-refractivity contribution in [1.82, 2.24) is 5.32 Å². The van der Waals surface area contributed by atoms with E-state index in [1.165, 1.54) is 0 Å². The van der Waals surface area contributed by atoms with E-state index in [1.807, 2.05) is 13.8 Å². The van der Waals surface area contributed by atoms with Crippen LogP contribution in [0.25, 0.3) is 0 Å². The predicted octanol–water partition coefficient (Wildman–Crippen LogP) is 3.09. The standard InChI is InChI=1S/C18H20N2O3/c1-12(2)19-17(21)13-6-4-8-15(10-13)20-18(22)14-7-5-9-16(11-14)23-3/h4-12H,1-3H3,(H,19,21)(H,20,22). The molecular weight excluding hydrogens is 292 g/mol. The number of methoxy groups -OCH3 is 1. The van der Waals surface area contributed by atoms with E-state index in [-0.39, 0.29) is 17.9 Å². The van der Waals surface area contributed by atoms with Gasteiger partial charge in [0.2, 0.25) is 0 Å². The molecule has 0 atom stereocenters. The van der Waals surface area contributed by atoms with Gasteiger partial charge in [0, 0.05) is 22.9 Å². The lowest BCUT2D eigenvalue weighted by molar-refractivity contribution is 0.0942. The van der Waals surface area contributed by atoms with E-state index >= 15 is 0 Å². The molecule has 0 unspecified atom stereocenters. The van der Waals surface area contributed by atoms with E-state index in [0.29, 0.717) is 22.6 Å². The molecule has 0 aliphatic heterocycles. The lowest BCUT2D eigenvalue weighted by atomic mass is 10.1. The number of nitrogens with one attached hydrogen (secondary N) is 2. The molecule has 0 aliphatic rings. The summed E-state index contributed by atoms with van der Waals surface area (Å²) in [6, 6.07) is 13.8. The Morgan fingerprint density at radius 3 is 2.26 bits per heavy atom. The van der Waals surface area contributed by atoms with E-state index in [4.69, 9.17) is 4.74 Å². The highest BCUT2D eigenvalue weighted by Gasteiger charge is 2.10. The van der Waals surface area contributed by atoms with Gasteiger partial charge >= 0.3 is 0 Å². The molecule has 2 aromatic carbocycles. The van der Waals surface area contributed by atoms with E-state index in [9.17, 15) is 9.59 Å².